The topological polar surface area (TPSA) is 50.4 Å². The fourth-order valence-electron chi connectivity index (χ4n) is 1.94. The summed E-state index contributed by atoms with van der Waals surface area (Å²) >= 11 is 0. The van der Waals surface area contributed by atoms with E-state index in [1.165, 1.54) is 0 Å². The Labute approximate surface area is 91.8 Å². The lowest BCUT2D eigenvalue weighted by Crippen LogP contribution is -2.42. The Morgan fingerprint density at radius 2 is 2.40 bits per heavy atom. The van der Waals surface area contributed by atoms with Crippen molar-refractivity contribution in [3.05, 3.63) is 0 Å². The van der Waals surface area contributed by atoms with Gasteiger partial charge in [0, 0.05) is 32.2 Å². The van der Waals surface area contributed by atoms with Gasteiger partial charge in [0.15, 0.2) is 0 Å². The second kappa shape index (κ2) is 6.80. The molecule has 1 aliphatic rings. The van der Waals surface area contributed by atoms with Crippen LogP contribution in [0.4, 0.5) is 0 Å². The van der Waals surface area contributed by atoms with E-state index in [4.69, 9.17) is 4.74 Å². The van der Waals surface area contributed by atoms with Gasteiger partial charge in [-0.05, 0) is 32.7 Å². The first-order valence-electron chi connectivity index (χ1n) is 5.74. The van der Waals surface area contributed by atoms with Crippen molar-refractivity contribution in [1.82, 2.24) is 10.6 Å². The van der Waals surface area contributed by atoms with Crippen molar-refractivity contribution >= 4 is 5.91 Å². The number of ether oxygens (including phenoxy) is 1. The highest BCUT2D eigenvalue weighted by atomic mass is 16.5. The number of piperidine rings is 1. The van der Waals surface area contributed by atoms with Crippen molar-refractivity contribution in [2.75, 3.05) is 26.8 Å². The molecular weight excluding hydrogens is 192 g/mol. The molecule has 0 aromatic heterocycles. The highest BCUT2D eigenvalue weighted by molar-refractivity contribution is 5.78. The van der Waals surface area contributed by atoms with Crippen molar-refractivity contribution in [1.29, 1.82) is 0 Å². The van der Waals surface area contributed by atoms with Crippen LogP contribution in [-0.4, -0.2) is 38.8 Å². The molecule has 1 rings (SSSR count). The van der Waals surface area contributed by atoms with E-state index < -0.39 is 0 Å². The quantitative estimate of drug-likeness (QED) is 0.656. The summed E-state index contributed by atoms with van der Waals surface area (Å²) < 4.78 is 4.92. The Hall–Kier alpha value is -0.610. The first-order valence-corrected chi connectivity index (χ1v) is 5.74. The van der Waals surface area contributed by atoms with Gasteiger partial charge in [0.25, 0.3) is 0 Å². The molecule has 1 aliphatic heterocycles. The van der Waals surface area contributed by atoms with Gasteiger partial charge >= 0.3 is 0 Å². The molecule has 1 heterocycles. The van der Waals surface area contributed by atoms with E-state index in [1.807, 2.05) is 0 Å². The number of carbonyl (C=O) groups is 1. The number of hydrogen-bond acceptors (Lipinski definition) is 3. The molecule has 4 heteroatoms. The summed E-state index contributed by atoms with van der Waals surface area (Å²) in [4.78, 5) is 11.7. The third-order valence-corrected chi connectivity index (χ3v) is 2.82. The summed E-state index contributed by atoms with van der Waals surface area (Å²) in [6, 6.07) is 0.466. The third kappa shape index (κ3) is 4.62. The van der Waals surface area contributed by atoms with Crippen LogP contribution in [0.5, 0.6) is 0 Å². The maximum absolute atomic E-state index is 11.7. The molecule has 0 radical (unpaired) electrons. The van der Waals surface area contributed by atoms with Crippen LogP contribution in [0.3, 0.4) is 0 Å². The van der Waals surface area contributed by atoms with E-state index in [9.17, 15) is 4.79 Å². The Morgan fingerprint density at radius 3 is 3.07 bits per heavy atom. The van der Waals surface area contributed by atoms with E-state index in [1.54, 1.807) is 7.11 Å². The van der Waals surface area contributed by atoms with Gasteiger partial charge in [0.1, 0.15) is 0 Å². The minimum atomic E-state index is 0.198. The van der Waals surface area contributed by atoms with Gasteiger partial charge in [-0.3, -0.25) is 4.79 Å². The molecule has 1 amide bonds. The van der Waals surface area contributed by atoms with Gasteiger partial charge in [0.05, 0.1) is 0 Å². The second-order valence-electron chi connectivity index (χ2n) is 4.21. The summed E-state index contributed by atoms with van der Waals surface area (Å²) in [5.41, 5.74) is 0. The number of hydrogen-bond donors (Lipinski definition) is 2. The summed E-state index contributed by atoms with van der Waals surface area (Å²) in [6.07, 6.45) is 2.80. The van der Waals surface area contributed by atoms with Crippen LogP contribution in [0.15, 0.2) is 0 Å². The predicted molar refractivity (Wildman–Crippen MR) is 59.7 cm³/mol. The van der Waals surface area contributed by atoms with Gasteiger partial charge in [-0.1, -0.05) is 0 Å². The van der Waals surface area contributed by atoms with Crippen LogP contribution in [0.2, 0.25) is 0 Å². The van der Waals surface area contributed by atoms with Gasteiger partial charge in [-0.25, -0.2) is 0 Å². The summed E-state index contributed by atoms with van der Waals surface area (Å²) in [5, 5.41) is 6.30. The van der Waals surface area contributed by atoms with E-state index in [-0.39, 0.29) is 11.8 Å². The van der Waals surface area contributed by atoms with Crippen molar-refractivity contribution < 1.29 is 9.53 Å². The molecule has 0 bridgehead atoms. The molecule has 1 saturated heterocycles. The van der Waals surface area contributed by atoms with Crippen molar-refractivity contribution in [3.63, 3.8) is 0 Å². The minimum absolute atomic E-state index is 0.198. The maximum atomic E-state index is 11.7. The molecule has 0 unspecified atom stereocenters. The average Bonchev–Trinajstić information content (AvgIpc) is 2.24. The summed E-state index contributed by atoms with van der Waals surface area (Å²) in [6.45, 7) is 4.52. The number of carbonyl (C=O) groups excluding carboxylic acids is 1. The highest BCUT2D eigenvalue weighted by Crippen LogP contribution is 2.15. The number of amides is 1. The molecule has 15 heavy (non-hydrogen) atoms. The highest BCUT2D eigenvalue weighted by Gasteiger charge is 2.23. The second-order valence-corrected chi connectivity index (χ2v) is 4.21. The standard InChI is InChI=1S/C11H22N2O2/c1-9-8-10(4-6-12-9)11(14)13-5-3-7-15-2/h9-10,12H,3-8H2,1-2H3,(H,13,14)/t9-,10-/m0/s1. The minimum Gasteiger partial charge on any atom is -0.385 e. The predicted octanol–water partition coefficient (Wildman–Crippen LogP) is 0.527. The van der Waals surface area contributed by atoms with Gasteiger partial charge in [-0.15, -0.1) is 0 Å². The van der Waals surface area contributed by atoms with Crippen LogP contribution in [0, 0.1) is 5.92 Å². The Balaban J connectivity index is 2.15. The van der Waals surface area contributed by atoms with Crippen LogP contribution >= 0.6 is 0 Å². The lowest BCUT2D eigenvalue weighted by Gasteiger charge is -2.27. The molecule has 0 saturated carbocycles. The fourth-order valence-corrected chi connectivity index (χ4v) is 1.94. The molecule has 0 aromatic carbocycles. The molecule has 2 N–H and O–H groups in total. The smallest absolute Gasteiger partial charge is 0.223 e. The van der Waals surface area contributed by atoms with Crippen molar-refractivity contribution in [2.24, 2.45) is 5.92 Å². The molecule has 1 fully saturated rings. The fraction of sp³-hybridized carbons (Fsp3) is 0.909. The average molecular weight is 214 g/mol. The summed E-state index contributed by atoms with van der Waals surface area (Å²) in [7, 11) is 1.68. The Kier molecular flexibility index (Phi) is 5.65. The zero-order valence-electron chi connectivity index (χ0n) is 9.71. The number of methoxy groups -OCH3 is 1. The van der Waals surface area contributed by atoms with Crippen LogP contribution in [0.1, 0.15) is 26.2 Å². The van der Waals surface area contributed by atoms with E-state index >= 15 is 0 Å². The molecule has 0 aliphatic carbocycles. The molecule has 0 spiro atoms. The lowest BCUT2D eigenvalue weighted by atomic mass is 9.92. The van der Waals surface area contributed by atoms with Crippen molar-refractivity contribution in [2.45, 2.75) is 32.2 Å². The first-order chi connectivity index (χ1) is 7.24. The number of rotatable bonds is 5. The number of nitrogens with one attached hydrogen (secondary N) is 2. The Bertz CT molecular complexity index is 197. The van der Waals surface area contributed by atoms with Gasteiger partial charge < -0.3 is 15.4 Å². The van der Waals surface area contributed by atoms with E-state index in [2.05, 4.69) is 17.6 Å². The molecule has 2 atom stereocenters. The maximum Gasteiger partial charge on any atom is 0.223 e. The molecular formula is C11H22N2O2. The van der Waals surface area contributed by atoms with Gasteiger partial charge in [0.2, 0.25) is 5.91 Å². The zero-order chi connectivity index (χ0) is 11.1. The van der Waals surface area contributed by atoms with Crippen LogP contribution in [0.25, 0.3) is 0 Å². The Morgan fingerprint density at radius 1 is 1.60 bits per heavy atom. The normalized spacial score (nSPS) is 26.3. The lowest BCUT2D eigenvalue weighted by molar-refractivity contribution is -0.126. The third-order valence-electron chi connectivity index (χ3n) is 2.82. The van der Waals surface area contributed by atoms with E-state index in [0.29, 0.717) is 12.6 Å². The van der Waals surface area contributed by atoms with Gasteiger partial charge in [-0.2, -0.15) is 0 Å². The summed E-state index contributed by atoms with van der Waals surface area (Å²) in [5.74, 6) is 0.406. The molecule has 4 nitrogen and oxygen atoms in total. The zero-order valence-corrected chi connectivity index (χ0v) is 9.71. The van der Waals surface area contributed by atoms with Crippen molar-refractivity contribution in [3.8, 4) is 0 Å². The van der Waals surface area contributed by atoms with Crippen LogP contribution in [-0.2, 0) is 9.53 Å². The van der Waals surface area contributed by atoms with Crippen LogP contribution < -0.4 is 10.6 Å². The SMILES string of the molecule is COCCCNC(=O)[C@H]1CCN[C@@H](C)C1. The largest absolute Gasteiger partial charge is 0.385 e. The molecule has 0 aromatic rings. The monoisotopic (exact) mass is 214 g/mol. The first kappa shape index (κ1) is 12.5. The molecule has 88 valence electrons. The van der Waals surface area contributed by atoms with E-state index in [0.717, 1.165) is 32.4 Å².